The average Bonchev–Trinajstić information content (AvgIpc) is 3.53. The van der Waals surface area contributed by atoms with Crippen molar-refractivity contribution in [2.45, 2.75) is 12.8 Å². The van der Waals surface area contributed by atoms with Crippen LogP contribution in [0.25, 0.3) is 0 Å². The molecule has 0 unspecified atom stereocenters. The van der Waals surface area contributed by atoms with Crippen LogP contribution in [0.15, 0.2) is 48.5 Å². The summed E-state index contributed by atoms with van der Waals surface area (Å²) in [4.78, 5) is 24.0. The Labute approximate surface area is 164 Å². The highest BCUT2D eigenvalue weighted by atomic mass is 16.5. The molecule has 0 heterocycles. The van der Waals surface area contributed by atoms with Crippen LogP contribution in [0.5, 0.6) is 11.5 Å². The highest BCUT2D eigenvalue weighted by Gasteiger charge is 2.29. The minimum Gasteiger partial charge on any atom is -0.491 e. The minimum atomic E-state index is -0.290. The molecule has 0 bridgehead atoms. The standard InChI is InChI=1S/C21H24N2O5/c1-26-10-11-27-18-6-2-4-16(12-18)22-20(24)14-28-19-7-3-5-17(13-19)23-21(25)15-8-9-15/h2-7,12-13,15H,8-11,14H2,1H3,(H,22,24)(H,23,25). The van der Waals surface area contributed by atoms with Gasteiger partial charge in [0.2, 0.25) is 5.91 Å². The van der Waals surface area contributed by atoms with E-state index >= 15 is 0 Å². The monoisotopic (exact) mass is 384 g/mol. The Hall–Kier alpha value is -3.06. The van der Waals surface area contributed by atoms with Gasteiger partial charge in [0, 0.05) is 36.5 Å². The van der Waals surface area contributed by atoms with Crippen molar-refractivity contribution < 1.29 is 23.8 Å². The molecule has 28 heavy (non-hydrogen) atoms. The van der Waals surface area contributed by atoms with Crippen LogP contribution < -0.4 is 20.1 Å². The second kappa shape index (κ2) is 9.75. The van der Waals surface area contributed by atoms with E-state index in [1.165, 1.54) is 0 Å². The van der Waals surface area contributed by atoms with E-state index in [4.69, 9.17) is 14.2 Å². The summed E-state index contributed by atoms with van der Waals surface area (Å²) in [6, 6.07) is 14.1. The Balaban J connectivity index is 1.47. The molecule has 2 N–H and O–H groups in total. The van der Waals surface area contributed by atoms with E-state index in [1.807, 2.05) is 6.07 Å². The summed E-state index contributed by atoms with van der Waals surface area (Å²) in [5.74, 6) is 1.03. The zero-order chi connectivity index (χ0) is 19.8. The topological polar surface area (TPSA) is 85.9 Å². The number of hydrogen-bond acceptors (Lipinski definition) is 5. The van der Waals surface area contributed by atoms with Gasteiger partial charge in [0.25, 0.3) is 5.91 Å². The predicted octanol–water partition coefficient (Wildman–Crippen LogP) is 3.08. The molecule has 0 atom stereocenters. The number of amides is 2. The predicted molar refractivity (Wildman–Crippen MR) is 106 cm³/mol. The van der Waals surface area contributed by atoms with Crippen molar-refractivity contribution in [1.29, 1.82) is 0 Å². The van der Waals surface area contributed by atoms with Gasteiger partial charge < -0.3 is 24.8 Å². The first-order valence-electron chi connectivity index (χ1n) is 9.19. The van der Waals surface area contributed by atoms with Gasteiger partial charge in [0.1, 0.15) is 18.1 Å². The molecule has 1 aliphatic rings. The molecule has 3 rings (SSSR count). The smallest absolute Gasteiger partial charge is 0.262 e. The van der Waals surface area contributed by atoms with E-state index in [2.05, 4.69) is 10.6 Å². The Kier molecular flexibility index (Phi) is 6.86. The molecule has 148 valence electrons. The first kappa shape index (κ1) is 19.7. The maximum Gasteiger partial charge on any atom is 0.262 e. The van der Waals surface area contributed by atoms with Gasteiger partial charge in [-0.3, -0.25) is 9.59 Å². The van der Waals surface area contributed by atoms with Crippen molar-refractivity contribution in [1.82, 2.24) is 0 Å². The zero-order valence-electron chi connectivity index (χ0n) is 15.8. The number of benzene rings is 2. The van der Waals surface area contributed by atoms with Crippen LogP contribution in [0.2, 0.25) is 0 Å². The van der Waals surface area contributed by atoms with E-state index in [0.29, 0.717) is 36.1 Å². The molecule has 1 fully saturated rings. The molecule has 0 aromatic heterocycles. The molecule has 0 aliphatic heterocycles. The minimum absolute atomic E-state index is 0.0301. The van der Waals surface area contributed by atoms with Gasteiger partial charge in [-0.15, -0.1) is 0 Å². The lowest BCUT2D eigenvalue weighted by Crippen LogP contribution is -2.20. The Morgan fingerprint density at radius 3 is 2.21 bits per heavy atom. The summed E-state index contributed by atoms with van der Waals surface area (Å²) in [6.45, 7) is 0.782. The van der Waals surface area contributed by atoms with Gasteiger partial charge in [0.15, 0.2) is 6.61 Å². The molecule has 1 aliphatic carbocycles. The van der Waals surface area contributed by atoms with Crippen molar-refractivity contribution in [2.75, 3.05) is 37.6 Å². The highest BCUT2D eigenvalue weighted by Crippen LogP contribution is 2.30. The van der Waals surface area contributed by atoms with Crippen molar-refractivity contribution >= 4 is 23.2 Å². The lowest BCUT2D eigenvalue weighted by atomic mass is 10.3. The maximum absolute atomic E-state index is 12.2. The lowest BCUT2D eigenvalue weighted by molar-refractivity contribution is -0.118. The van der Waals surface area contributed by atoms with Crippen LogP contribution >= 0.6 is 0 Å². The van der Waals surface area contributed by atoms with Gasteiger partial charge in [-0.2, -0.15) is 0 Å². The molecule has 2 aromatic rings. The molecular formula is C21H24N2O5. The fourth-order valence-corrected chi connectivity index (χ4v) is 2.51. The lowest BCUT2D eigenvalue weighted by Gasteiger charge is -2.11. The number of carbonyl (C=O) groups excluding carboxylic acids is 2. The van der Waals surface area contributed by atoms with E-state index in [0.717, 1.165) is 12.8 Å². The summed E-state index contributed by atoms with van der Waals surface area (Å²) in [5.41, 5.74) is 1.28. The number of nitrogens with one attached hydrogen (secondary N) is 2. The number of ether oxygens (including phenoxy) is 3. The average molecular weight is 384 g/mol. The van der Waals surface area contributed by atoms with Gasteiger partial charge in [-0.1, -0.05) is 12.1 Å². The van der Waals surface area contributed by atoms with E-state index in [-0.39, 0.29) is 24.3 Å². The Bertz CT molecular complexity index is 820. The van der Waals surface area contributed by atoms with Crippen LogP contribution in [0, 0.1) is 5.92 Å². The van der Waals surface area contributed by atoms with Crippen LogP contribution in [0.4, 0.5) is 11.4 Å². The molecular weight excluding hydrogens is 360 g/mol. The van der Waals surface area contributed by atoms with Crippen LogP contribution in [0.3, 0.4) is 0 Å². The molecule has 2 amide bonds. The second-order valence-electron chi connectivity index (χ2n) is 6.50. The molecule has 0 saturated heterocycles. The second-order valence-corrected chi connectivity index (χ2v) is 6.50. The van der Waals surface area contributed by atoms with Crippen molar-refractivity contribution in [3.63, 3.8) is 0 Å². The highest BCUT2D eigenvalue weighted by molar-refractivity contribution is 5.94. The number of anilines is 2. The third-order valence-electron chi connectivity index (χ3n) is 4.09. The third kappa shape index (κ3) is 6.28. The van der Waals surface area contributed by atoms with E-state index in [1.54, 1.807) is 49.6 Å². The van der Waals surface area contributed by atoms with Gasteiger partial charge in [0.05, 0.1) is 6.61 Å². The van der Waals surface area contributed by atoms with Gasteiger partial charge in [-0.05, 0) is 37.1 Å². The molecule has 0 radical (unpaired) electrons. The summed E-state index contributed by atoms with van der Waals surface area (Å²) in [7, 11) is 1.61. The maximum atomic E-state index is 12.2. The summed E-state index contributed by atoms with van der Waals surface area (Å²) in [5, 5.41) is 5.62. The van der Waals surface area contributed by atoms with Gasteiger partial charge >= 0.3 is 0 Å². The van der Waals surface area contributed by atoms with Crippen LogP contribution in [0.1, 0.15) is 12.8 Å². The molecule has 7 heteroatoms. The SMILES string of the molecule is COCCOc1cccc(NC(=O)COc2cccc(NC(=O)C3CC3)c2)c1. The van der Waals surface area contributed by atoms with Crippen LogP contribution in [-0.4, -0.2) is 38.7 Å². The fraction of sp³-hybridized carbons (Fsp3) is 0.333. The largest absolute Gasteiger partial charge is 0.491 e. The van der Waals surface area contributed by atoms with Crippen molar-refractivity contribution in [2.24, 2.45) is 5.92 Å². The zero-order valence-corrected chi connectivity index (χ0v) is 15.8. The Morgan fingerprint density at radius 1 is 0.929 bits per heavy atom. The summed E-state index contributed by atoms with van der Waals surface area (Å²) < 4.78 is 16.0. The molecule has 1 saturated carbocycles. The number of hydrogen-bond donors (Lipinski definition) is 2. The van der Waals surface area contributed by atoms with E-state index < -0.39 is 0 Å². The fourth-order valence-electron chi connectivity index (χ4n) is 2.51. The van der Waals surface area contributed by atoms with Crippen molar-refractivity contribution in [3.8, 4) is 11.5 Å². The number of rotatable bonds is 10. The third-order valence-corrected chi connectivity index (χ3v) is 4.09. The summed E-state index contributed by atoms with van der Waals surface area (Å²) >= 11 is 0. The first-order valence-corrected chi connectivity index (χ1v) is 9.19. The Morgan fingerprint density at radius 2 is 1.57 bits per heavy atom. The number of carbonyl (C=O) groups is 2. The quantitative estimate of drug-likeness (QED) is 0.615. The number of methoxy groups -OCH3 is 1. The molecule has 7 nitrogen and oxygen atoms in total. The molecule has 2 aromatic carbocycles. The van der Waals surface area contributed by atoms with Crippen molar-refractivity contribution in [3.05, 3.63) is 48.5 Å². The van der Waals surface area contributed by atoms with Crippen LogP contribution in [-0.2, 0) is 14.3 Å². The molecule has 0 spiro atoms. The van der Waals surface area contributed by atoms with Gasteiger partial charge in [-0.25, -0.2) is 0 Å². The van der Waals surface area contributed by atoms with E-state index in [9.17, 15) is 9.59 Å². The first-order chi connectivity index (χ1) is 13.6. The normalized spacial score (nSPS) is 12.9. The summed E-state index contributed by atoms with van der Waals surface area (Å²) in [6.07, 6.45) is 1.89.